The minimum Gasteiger partial charge on any atom is -0.469 e. The lowest BCUT2D eigenvalue weighted by atomic mass is 10.0. The van der Waals surface area contributed by atoms with E-state index in [-0.39, 0.29) is 24.9 Å². The van der Waals surface area contributed by atoms with Crippen molar-refractivity contribution in [2.24, 2.45) is 4.99 Å². The van der Waals surface area contributed by atoms with Gasteiger partial charge in [-0.2, -0.15) is 4.99 Å². The van der Waals surface area contributed by atoms with Crippen LogP contribution in [-0.2, 0) is 20.9 Å². The van der Waals surface area contributed by atoms with Crippen molar-refractivity contribution >= 4 is 62.8 Å². The Bertz CT molecular complexity index is 1370. The number of methoxy groups -OCH3 is 1. The Labute approximate surface area is 229 Å². The molecule has 3 aromatic carbocycles. The Hall–Kier alpha value is -3.63. The van der Waals surface area contributed by atoms with E-state index in [0.717, 1.165) is 21.2 Å². The first kappa shape index (κ1) is 27.4. The van der Waals surface area contributed by atoms with Gasteiger partial charge in [0, 0.05) is 29.6 Å². The van der Waals surface area contributed by atoms with Gasteiger partial charge in [0.2, 0.25) is 5.91 Å². The predicted octanol–water partition coefficient (Wildman–Crippen LogP) is 4.72. The molecular formula is C28H28N4O4S2. The fourth-order valence-electron chi connectivity index (χ4n) is 4.19. The maximum atomic E-state index is 13.1. The van der Waals surface area contributed by atoms with Gasteiger partial charge >= 0.3 is 5.97 Å². The van der Waals surface area contributed by atoms with Gasteiger partial charge in [-0.25, -0.2) is 0 Å². The molecule has 10 heteroatoms. The molecule has 1 fully saturated rings. The number of fused-ring (bicyclic) bond motifs is 1. The number of esters is 1. The van der Waals surface area contributed by atoms with Crippen LogP contribution in [0.4, 0.5) is 0 Å². The van der Waals surface area contributed by atoms with Crippen molar-refractivity contribution in [3.05, 3.63) is 77.9 Å². The number of rotatable bonds is 9. The van der Waals surface area contributed by atoms with E-state index in [1.807, 2.05) is 36.1 Å². The molecule has 0 aromatic heterocycles. The average Bonchev–Trinajstić information content (AvgIpc) is 3.23. The Morgan fingerprint density at radius 1 is 1.11 bits per heavy atom. The van der Waals surface area contributed by atoms with E-state index in [4.69, 9.17) is 5.41 Å². The second-order valence-electron chi connectivity index (χ2n) is 8.62. The molecule has 4 rings (SSSR count). The van der Waals surface area contributed by atoms with Crippen LogP contribution < -0.4 is 5.32 Å². The molecule has 3 aromatic rings. The number of hydrogen-bond donors (Lipinski definition) is 2. The maximum Gasteiger partial charge on any atom is 0.307 e. The lowest BCUT2D eigenvalue weighted by molar-refractivity contribution is -0.140. The minimum atomic E-state index is -0.513. The summed E-state index contributed by atoms with van der Waals surface area (Å²) in [5.41, 5.74) is 2.72. The second kappa shape index (κ2) is 12.7. The summed E-state index contributed by atoms with van der Waals surface area (Å²) < 4.78 is 4.65. The van der Waals surface area contributed by atoms with E-state index in [9.17, 15) is 14.4 Å². The van der Waals surface area contributed by atoms with Crippen LogP contribution in [0.25, 0.3) is 10.8 Å². The highest BCUT2D eigenvalue weighted by molar-refractivity contribution is 8.15. The van der Waals surface area contributed by atoms with E-state index in [1.54, 1.807) is 24.3 Å². The van der Waals surface area contributed by atoms with Gasteiger partial charge in [0.1, 0.15) is 5.25 Å². The standard InChI is InChI=1S/C28H28N4O4S2/c1-18-25(27(35)30-15-14-24(33)36-2)38-28(31-26(34)20-10-12-22(13-11-20)37-17-29)32(18)16-21-8-5-7-19-6-3-4-9-23(19)21/h3-13,17-18,25,29H,14-16H2,1-2H3,(H,30,35). The molecule has 1 saturated heterocycles. The predicted molar refractivity (Wildman–Crippen MR) is 153 cm³/mol. The normalized spacial score (nSPS) is 17.9. The quantitative estimate of drug-likeness (QED) is 0.172. The fraction of sp³-hybridized carbons (Fsp3) is 0.250. The van der Waals surface area contributed by atoms with Crippen LogP contribution in [0.3, 0.4) is 0 Å². The molecule has 196 valence electrons. The number of carbonyl (C=O) groups excluding carboxylic acids is 3. The van der Waals surface area contributed by atoms with Gasteiger partial charge in [-0.15, -0.1) is 0 Å². The number of amidine groups is 1. The summed E-state index contributed by atoms with van der Waals surface area (Å²) >= 11 is 2.50. The summed E-state index contributed by atoms with van der Waals surface area (Å²) in [6.07, 6.45) is 0.0828. The first-order valence-electron chi connectivity index (χ1n) is 12.0. The Kier molecular flexibility index (Phi) is 9.19. The first-order chi connectivity index (χ1) is 18.4. The third-order valence-corrected chi connectivity index (χ3v) is 8.30. The molecule has 1 heterocycles. The zero-order valence-corrected chi connectivity index (χ0v) is 22.7. The first-order valence-corrected chi connectivity index (χ1v) is 13.8. The van der Waals surface area contributed by atoms with Crippen molar-refractivity contribution in [2.75, 3.05) is 13.7 Å². The van der Waals surface area contributed by atoms with Gasteiger partial charge in [0.25, 0.3) is 5.91 Å². The lowest BCUT2D eigenvalue weighted by Gasteiger charge is -2.25. The number of benzene rings is 3. The van der Waals surface area contributed by atoms with Gasteiger partial charge in [-0.1, -0.05) is 66.0 Å². The highest BCUT2D eigenvalue weighted by Crippen LogP contribution is 2.35. The van der Waals surface area contributed by atoms with Crippen molar-refractivity contribution in [3.8, 4) is 0 Å². The summed E-state index contributed by atoms with van der Waals surface area (Å²) in [6.45, 7) is 2.59. The van der Waals surface area contributed by atoms with Crippen LogP contribution in [0.2, 0.25) is 0 Å². The zero-order chi connectivity index (χ0) is 27.1. The topological polar surface area (TPSA) is 112 Å². The number of ether oxygens (including phenoxy) is 1. The molecule has 2 N–H and O–H groups in total. The van der Waals surface area contributed by atoms with Crippen molar-refractivity contribution in [3.63, 3.8) is 0 Å². The van der Waals surface area contributed by atoms with Crippen molar-refractivity contribution in [1.29, 1.82) is 5.41 Å². The molecule has 2 amide bonds. The van der Waals surface area contributed by atoms with Crippen LogP contribution >= 0.6 is 23.5 Å². The Balaban J connectivity index is 1.61. The van der Waals surface area contributed by atoms with E-state index in [1.165, 1.54) is 36.2 Å². The molecule has 0 radical (unpaired) electrons. The van der Waals surface area contributed by atoms with Crippen LogP contribution in [0.15, 0.2) is 76.6 Å². The van der Waals surface area contributed by atoms with Gasteiger partial charge in [-0.05, 0) is 47.5 Å². The smallest absolute Gasteiger partial charge is 0.307 e. The van der Waals surface area contributed by atoms with Crippen LogP contribution in [0.5, 0.6) is 0 Å². The minimum absolute atomic E-state index is 0.0828. The summed E-state index contributed by atoms with van der Waals surface area (Å²) in [6, 6.07) is 20.9. The van der Waals surface area contributed by atoms with E-state index in [0.29, 0.717) is 17.3 Å². The number of nitrogens with zero attached hydrogens (tertiary/aromatic N) is 2. The molecule has 1 aliphatic rings. The highest BCUT2D eigenvalue weighted by atomic mass is 32.2. The molecule has 1 aliphatic heterocycles. The van der Waals surface area contributed by atoms with Gasteiger partial charge in [-0.3, -0.25) is 14.4 Å². The molecule has 2 atom stereocenters. The monoisotopic (exact) mass is 548 g/mol. The van der Waals surface area contributed by atoms with Gasteiger partial charge in [0.05, 0.1) is 19.1 Å². The SMILES string of the molecule is COC(=O)CCNC(=O)C1SC(=NC(=O)c2ccc(SC=N)cc2)N(Cc2cccc3ccccc23)C1C. The molecule has 38 heavy (non-hydrogen) atoms. The number of aliphatic imine (C=N–C) groups is 1. The number of hydrogen-bond acceptors (Lipinski definition) is 7. The molecule has 0 aliphatic carbocycles. The third-order valence-electron chi connectivity index (χ3n) is 6.24. The summed E-state index contributed by atoms with van der Waals surface area (Å²) in [5, 5.41) is 12.2. The van der Waals surface area contributed by atoms with E-state index in [2.05, 4.69) is 33.2 Å². The van der Waals surface area contributed by atoms with Crippen LogP contribution in [-0.4, -0.2) is 58.3 Å². The Morgan fingerprint density at radius 3 is 2.58 bits per heavy atom. The second-order valence-corrected chi connectivity index (χ2v) is 10.7. The molecule has 0 bridgehead atoms. The third kappa shape index (κ3) is 6.43. The van der Waals surface area contributed by atoms with Crippen LogP contribution in [0.1, 0.15) is 29.3 Å². The largest absolute Gasteiger partial charge is 0.469 e. The molecule has 0 saturated carbocycles. The molecule has 0 spiro atoms. The highest BCUT2D eigenvalue weighted by Gasteiger charge is 2.41. The van der Waals surface area contributed by atoms with Crippen molar-refractivity contribution in [2.45, 2.75) is 36.1 Å². The van der Waals surface area contributed by atoms with Crippen molar-refractivity contribution in [1.82, 2.24) is 10.2 Å². The number of thioether (sulfide) groups is 2. The number of nitrogens with one attached hydrogen (secondary N) is 2. The Morgan fingerprint density at radius 2 is 1.84 bits per heavy atom. The van der Waals surface area contributed by atoms with Gasteiger partial charge in [0.15, 0.2) is 5.17 Å². The van der Waals surface area contributed by atoms with E-state index < -0.39 is 17.1 Å². The van der Waals surface area contributed by atoms with E-state index >= 15 is 0 Å². The maximum absolute atomic E-state index is 13.1. The lowest BCUT2D eigenvalue weighted by Crippen LogP contribution is -2.42. The number of carbonyl (C=O) groups is 3. The molecule has 2 unspecified atom stereocenters. The summed E-state index contributed by atoms with van der Waals surface area (Å²) in [5.74, 6) is -1.02. The van der Waals surface area contributed by atoms with Crippen LogP contribution in [0, 0.1) is 5.41 Å². The fourth-order valence-corrected chi connectivity index (χ4v) is 5.88. The average molecular weight is 549 g/mol. The number of amides is 2. The van der Waals surface area contributed by atoms with Crippen molar-refractivity contribution < 1.29 is 19.1 Å². The summed E-state index contributed by atoms with van der Waals surface area (Å²) in [7, 11) is 1.31. The molecule has 8 nitrogen and oxygen atoms in total. The zero-order valence-electron chi connectivity index (χ0n) is 21.0. The summed E-state index contributed by atoms with van der Waals surface area (Å²) in [4.78, 5) is 44.9. The molecular weight excluding hydrogens is 520 g/mol. The van der Waals surface area contributed by atoms with Gasteiger partial charge < -0.3 is 20.4 Å².